The van der Waals surface area contributed by atoms with Gasteiger partial charge in [0, 0.05) is 6.54 Å². The molecular weight excluding hydrogens is 216 g/mol. The Hall–Kier alpha value is -1.89. The van der Waals surface area contributed by atoms with Gasteiger partial charge in [0.25, 0.3) is 5.56 Å². The van der Waals surface area contributed by atoms with Crippen molar-refractivity contribution in [3.05, 3.63) is 38.3 Å². The van der Waals surface area contributed by atoms with Crippen LogP contribution in [0.25, 0.3) is 11.2 Å². The molecule has 0 atom stereocenters. The molecule has 78 valence electrons. The van der Waals surface area contributed by atoms with Gasteiger partial charge in [0.1, 0.15) is 5.65 Å². The van der Waals surface area contributed by atoms with Crippen LogP contribution in [0.5, 0.6) is 0 Å². The first-order valence-corrected chi connectivity index (χ1v) is 4.60. The van der Waals surface area contributed by atoms with Gasteiger partial charge in [-0.3, -0.25) is 14.8 Å². The molecule has 2 aromatic rings. The molecule has 15 heavy (non-hydrogen) atoms. The predicted octanol–water partition coefficient (Wildman–Crippen LogP) is 0.261. The average Bonchev–Trinajstić information content (AvgIpc) is 2.43. The van der Waals surface area contributed by atoms with E-state index in [0.29, 0.717) is 22.5 Å². The first kappa shape index (κ1) is 9.66. The van der Waals surface area contributed by atoms with E-state index in [1.165, 1.54) is 0 Å². The van der Waals surface area contributed by atoms with Gasteiger partial charge in [0.15, 0.2) is 10.3 Å². The Labute approximate surface area is 88.3 Å². The van der Waals surface area contributed by atoms with Gasteiger partial charge >= 0.3 is 5.69 Å². The summed E-state index contributed by atoms with van der Waals surface area (Å²) < 4.78 is 1.93. The van der Waals surface area contributed by atoms with E-state index >= 15 is 0 Å². The highest BCUT2D eigenvalue weighted by atomic mass is 32.1. The topological polar surface area (TPSA) is 86.4 Å². The minimum Gasteiger partial charge on any atom is -0.317 e. The van der Waals surface area contributed by atoms with Crippen LogP contribution in [0.1, 0.15) is 0 Å². The summed E-state index contributed by atoms with van der Waals surface area (Å²) in [4.78, 5) is 29.8. The fraction of sp³-hybridized carbons (Fsp3) is 0.125. The Kier molecular flexibility index (Phi) is 2.16. The van der Waals surface area contributed by atoms with Gasteiger partial charge in [-0.1, -0.05) is 6.08 Å². The number of fused-ring (bicyclic) bond motifs is 1. The third-order valence-electron chi connectivity index (χ3n) is 1.98. The van der Waals surface area contributed by atoms with E-state index < -0.39 is 11.2 Å². The summed E-state index contributed by atoms with van der Waals surface area (Å²) in [6, 6.07) is 0. The maximum Gasteiger partial charge on any atom is 0.327 e. The normalized spacial score (nSPS) is 10.7. The number of imidazole rings is 1. The van der Waals surface area contributed by atoms with Crippen LogP contribution < -0.4 is 11.2 Å². The van der Waals surface area contributed by atoms with Crippen molar-refractivity contribution < 1.29 is 0 Å². The van der Waals surface area contributed by atoms with Crippen LogP contribution in [0.2, 0.25) is 0 Å². The summed E-state index contributed by atoms with van der Waals surface area (Å²) in [6.07, 6.45) is 1.62. The van der Waals surface area contributed by atoms with Gasteiger partial charge in [-0.2, -0.15) is 0 Å². The van der Waals surface area contributed by atoms with Crippen molar-refractivity contribution in [2.45, 2.75) is 6.54 Å². The molecule has 2 aromatic heterocycles. The lowest BCUT2D eigenvalue weighted by molar-refractivity contribution is 0.829. The number of allylic oxidation sites excluding steroid dienone is 1. The molecule has 0 saturated carbocycles. The number of aromatic amines is 3. The van der Waals surface area contributed by atoms with Gasteiger partial charge in [-0.25, -0.2) is 4.79 Å². The van der Waals surface area contributed by atoms with E-state index in [9.17, 15) is 9.59 Å². The standard InChI is InChI=1S/C8H8N4O2S/c1-2-3-12-4-5(10-8(12)15)9-7(14)11-6(4)13/h2H,1,3H2,(H3,9,10,11,13,14,15). The molecule has 0 radical (unpaired) electrons. The monoisotopic (exact) mass is 224 g/mol. The van der Waals surface area contributed by atoms with Crippen LogP contribution in [0, 0.1) is 4.77 Å². The predicted molar refractivity (Wildman–Crippen MR) is 58.6 cm³/mol. The third-order valence-corrected chi connectivity index (χ3v) is 2.30. The first-order chi connectivity index (χ1) is 7.13. The molecule has 6 nitrogen and oxygen atoms in total. The van der Waals surface area contributed by atoms with E-state index in [2.05, 4.69) is 21.5 Å². The lowest BCUT2D eigenvalue weighted by atomic mass is 10.5. The Morgan fingerprint density at radius 1 is 1.33 bits per heavy atom. The van der Waals surface area contributed by atoms with Crippen molar-refractivity contribution in [3.63, 3.8) is 0 Å². The molecule has 2 heterocycles. The van der Waals surface area contributed by atoms with Crippen LogP contribution in [-0.2, 0) is 6.54 Å². The van der Waals surface area contributed by atoms with Crippen LogP contribution >= 0.6 is 12.2 Å². The highest BCUT2D eigenvalue weighted by Crippen LogP contribution is 2.04. The number of nitrogens with one attached hydrogen (secondary N) is 3. The smallest absolute Gasteiger partial charge is 0.317 e. The Balaban J connectivity index is 2.99. The molecule has 0 amide bonds. The highest BCUT2D eigenvalue weighted by Gasteiger charge is 2.07. The largest absolute Gasteiger partial charge is 0.327 e. The maximum absolute atomic E-state index is 11.5. The second kappa shape index (κ2) is 3.35. The lowest BCUT2D eigenvalue weighted by Gasteiger charge is -1.96. The number of rotatable bonds is 2. The number of hydrogen-bond acceptors (Lipinski definition) is 3. The molecule has 0 aliphatic rings. The zero-order chi connectivity index (χ0) is 11.0. The van der Waals surface area contributed by atoms with E-state index in [0.717, 1.165) is 0 Å². The second-order valence-electron chi connectivity index (χ2n) is 2.96. The minimum atomic E-state index is -0.561. The zero-order valence-electron chi connectivity index (χ0n) is 7.66. The van der Waals surface area contributed by atoms with Crippen molar-refractivity contribution in [3.8, 4) is 0 Å². The molecule has 0 aromatic carbocycles. The number of aromatic nitrogens is 4. The van der Waals surface area contributed by atoms with Crippen molar-refractivity contribution >= 4 is 23.4 Å². The van der Waals surface area contributed by atoms with Crippen LogP contribution in [-0.4, -0.2) is 19.5 Å². The highest BCUT2D eigenvalue weighted by molar-refractivity contribution is 7.71. The molecule has 0 saturated heterocycles. The fourth-order valence-corrected chi connectivity index (χ4v) is 1.67. The van der Waals surface area contributed by atoms with Crippen molar-refractivity contribution in [2.75, 3.05) is 0 Å². The van der Waals surface area contributed by atoms with Crippen LogP contribution in [0.3, 0.4) is 0 Å². The summed E-state index contributed by atoms with van der Waals surface area (Å²) >= 11 is 5.01. The zero-order valence-corrected chi connectivity index (χ0v) is 8.48. The van der Waals surface area contributed by atoms with Crippen molar-refractivity contribution in [2.24, 2.45) is 0 Å². The van der Waals surface area contributed by atoms with E-state index in [1.54, 1.807) is 10.6 Å². The summed E-state index contributed by atoms with van der Waals surface area (Å²) in [6.45, 7) is 3.98. The minimum absolute atomic E-state index is 0.319. The van der Waals surface area contributed by atoms with Gasteiger partial charge in [0.2, 0.25) is 0 Å². The molecular formula is C8H8N4O2S. The van der Waals surface area contributed by atoms with Crippen LogP contribution in [0.4, 0.5) is 0 Å². The maximum atomic E-state index is 11.5. The molecule has 3 N–H and O–H groups in total. The third kappa shape index (κ3) is 1.46. The molecule has 0 unspecified atom stereocenters. The molecule has 2 rings (SSSR count). The summed E-state index contributed by atoms with van der Waals surface area (Å²) in [5, 5.41) is 0. The Bertz CT molecular complexity index is 687. The number of hydrogen-bond donors (Lipinski definition) is 3. The fourth-order valence-electron chi connectivity index (χ4n) is 1.41. The Morgan fingerprint density at radius 2 is 2.07 bits per heavy atom. The van der Waals surface area contributed by atoms with Crippen molar-refractivity contribution in [1.29, 1.82) is 0 Å². The summed E-state index contributed by atoms with van der Waals surface area (Å²) in [7, 11) is 0. The average molecular weight is 224 g/mol. The van der Waals surface area contributed by atoms with E-state index in [-0.39, 0.29) is 0 Å². The second-order valence-corrected chi connectivity index (χ2v) is 3.35. The molecule has 7 heteroatoms. The lowest BCUT2D eigenvalue weighted by Crippen LogP contribution is -2.23. The SMILES string of the molecule is C=CCn1c(=S)[nH]c2[nH]c(=O)[nH]c(=O)c21. The molecule has 0 aliphatic carbocycles. The molecule has 0 aliphatic heterocycles. The van der Waals surface area contributed by atoms with Gasteiger partial charge in [-0.15, -0.1) is 6.58 Å². The molecule has 0 fully saturated rings. The van der Waals surface area contributed by atoms with Crippen molar-refractivity contribution in [1.82, 2.24) is 19.5 Å². The van der Waals surface area contributed by atoms with Gasteiger partial charge < -0.3 is 9.55 Å². The number of H-pyrrole nitrogens is 3. The number of nitrogens with zero attached hydrogens (tertiary/aromatic N) is 1. The quantitative estimate of drug-likeness (QED) is 0.505. The molecule has 0 spiro atoms. The van der Waals surface area contributed by atoms with Gasteiger partial charge in [0.05, 0.1) is 0 Å². The first-order valence-electron chi connectivity index (χ1n) is 4.19. The summed E-state index contributed by atoms with van der Waals surface area (Å²) in [5.41, 5.74) is -0.382. The van der Waals surface area contributed by atoms with Crippen LogP contribution in [0.15, 0.2) is 22.2 Å². The van der Waals surface area contributed by atoms with E-state index in [1.807, 2.05) is 0 Å². The van der Waals surface area contributed by atoms with Gasteiger partial charge in [-0.05, 0) is 12.2 Å². The summed E-state index contributed by atoms with van der Waals surface area (Å²) in [5.74, 6) is 0. The Morgan fingerprint density at radius 3 is 2.73 bits per heavy atom. The molecule has 0 bridgehead atoms. The van der Waals surface area contributed by atoms with E-state index in [4.69, 9.17) is 12.2 Å².